The Hall–Kier alpha value is -4.02. The Labute approximate surface area is 210 Å². The number of aromatic hydroxyl groups is 1. The average molecular weight is 509 g/mol. The van der Waals surface area contributed by atoms with Gasteiger partial charge in [0.05, 0.1) is 11.6 Å². The van der Waals surface area contributed by atoms with Crippen LogP contribution < -0.4 is 5.73 Å². The minimum absolute atomic E-state index is 0.0307. The van der Waals surface area contributed by atoms with Gasteiger partial charge in [-0.05, 0) is 38.2 Å². The maximum absolute atomic E-state index is 15.4. The molecular formula is C27H25FN2O7. The number of benzene rings is 2. The molecule has 0 radical (unpaired) electrons. The van der Waals surface area contributed by atoms with Gasteiger partial charge in [-0.25, -0.2) is 4.39 Å². The number of nitrogens with zero attached hydrogens (tertiary/aromatic N) is 1. The number of halogens is 1. The van der Waals surface area contributed by atoms with Crippen LogP contribution in [0.15, 0.2) is 59.4 Å². The van der Waals surface area contributed by atoms with Crippen LogP contribution in [0.5, 0.6) is 5.75 Å². The number of phenols is 1. The van der Waals surface area contributed by atoms with Crippen LogP contribution in [0.1, 0.15) is 29.0 Å². The number of fused-ring (bicyclic) bond motifs is 3. The molecule has 1 saturated carbocycles. The molecule has 1 fully saturated rings. The van der Waals surface area contributed by atoms with Crippen molar-refractivity contribution in [2.24, 2.45) is 17.6 Å². The molecule has 0 bridgehead atoms. The van der Waals surface area contributed by atoms with Crippen LogP contribution >= 0.6 is 0 Å². The highest BCUT2D eigenvalue weighted by Crippen LogP contribution is 2.57. The van der Waals surface area contributed by atoms with Crippen molar-refractivity contribution in [3.05, 3.63) is 81.9 Å². The zero-order valence-electron chi connectivity index (χ0n) is 20.0. The highest BCUT2D eigenvalue weighted by Gasteiger charge is 2.65. The molecule has 1 amide bonds. The molecule has 3 aliphatic rings. The second-order valence-electron chi connectivity index (χ2n) is 9.91. The van der Waals surface area contributed by atoms with Gasteiger partial charge < -0.3 is 26.2 Å². The number of Topliss-reactive ketones (excluding diaryl/α,β-unsaturated/α-hetero) is 2. The molecule has 5 rings (SSSR count). The van der Waals surface area contributed by atoms with Crippen LogP contribution in [0.2, 0.25) is 0 Å². The topological polar surface area (TPSA) is 161 Å². The second kappa shape index (κ2) is 8.25. The summed E-state index contributed by atoms with van der Waals surface area (Å²) >= 11 is 0. The van der Waals surface area contributed by atoms with E-state index in [0.29, 0.717) is 5.56 Å². The van der Waals surface area contributed by atoms with Crippen molar-refractivity contribution >= 4 is 23.2 Å². The van der Waals surface area contributed by atoms with Gasteiger partial charge in [0.15, 0.2) is 11.4 Å². The molecule has 9 nitrogen and oxygen atoms in total. The largest absolute Gasteiger partial charge is 0.508 e. The number of phenolic OH excluding ortho intramolecular Hbond substituents is 1. The number of aliphatic hydroxyl groups excluding tert-OH is 2. The molecular weight excluding hydrogens is 483 g/mol. The number of hydrogen-bond donors (Lipinski definition) is 5. The lowest BCUT2D eigenvalue weighted by atomic mass is 9.54. The summed E-state index contributed by atoms with van der Waals surface area (Å²) in [5.41, 5.74) is 1.57. The lowest BCUT2D eigenvalue weighted by Gasteiger charge is -2.51. The normalized spacial score (nSPS) is 29.2. The molecule has 0 spiro atoms. The lowest BCUT2D eigenvalue weighted by Crippen LogP contribution is -2.66. The fourth-order valence-electron chi connectivity index (χ4n) is 6.33. The third-order valence-electron chi connectivity index (χ3n) is 7.84. The smallest absolute Gasteiger partial charge is 0.255 e. The second-order valence-corrected chi connectivity index (χ2v) is 9.91. The number of nitrogens with two attached hydrogens (primary N) is 1. The van der Waals surface area contributed by atoms with E-state index in [9.17, 15) is 34.8 Å². The zero-order chi connectivity index (χ0) is 27.0. The van der Waals surface area contributed by atoms with E-state index >= 15 is 4.39 Å². The van der Waals surface area contributed by atoms with Crippen molar-refractivity contribution < 1.29 is 39.2 Å². The summed E-state index contributed by atoms with van der Waals surface area (Å²) in [4.78, 5) is 40.8. The Morgan fingerprint density at radius 1 is 1.08 bits per heavy atom. The maximum atomic E-state index is 15.4. The van der Waals surface area contributed by atoms with Crippen LogP contribution in [-0.2, 0) is 14.4 Å². The Balaban J connectivity index is 1.84. The van der Waals surface area contributed by atoms with Gasteiger partial charge in [0.2, 0.25) is 5.78 Å². The quantitative estimate of drug-likeness (QED) is 0.392. The van der Waals surface area contributed by atoms with Crippen molar-refractivity contribution in [1.29, 1.82) is 0 Å². The minimum atomic E-state index is -2.77. The van der Waals surface area contributed by atoms with E-state index in [1.807, 2.05) is 0 Å². The van der Waals surface area contributed by atoms with E-state index in [0.717, 1.165) is 12.1 Å². The highest BCUT2D eigenvalue weighted by molar-refractivity contribution is 6.24. The predicted octanol–water partition coefficient (Wildman–Crippen LogP) is 1.69. The number of carbonyl (C=O) groups is 3. The van der Waals surface area contributed by atoms with Crippen LogP contribution in [0.3, 0.4) is 0 Å². The standard InChI is InChI=1S/C27H25FN2O7/c1-30(2)21-13-10-12-16(11-6-4-3-5-7-11)18-14(28)8-9-15(31)19(18)22(32)17(12)24(34)27(13,37)25(35)20(23(21)33)26(29)36/h3-9,12-13,16,21,31-32,35,37H,10H2,1-2H3,(H2,29,36)/t12-,13+,16-,21+,27+/m1/s1. The molecule has 3 aliphatic carbocycles. The first kappa shape index (κ1) is 24.7. The van der Waals surface area contributed by atoms with Crippen molar-refractivity contribution in [3.63, 3.8) is 0 Å². The molecule has 2 aromatic rings. The number of amides is 1. The number of carbonyl (C=O) groups excluding carboxylic acids is 3. The van der Waals surface area contributed by atoms with Gasteiger partial charge in [0.25, 0.3) is 5.91 Å². The number of aliphatic hydroxyl groups is 3. The average Bonchev–Trinajstić information content (AvgIpc) is 2.83. The first-order valence-electron chi connectivity index (χ1n) is 11.6. The van der Waals surface area contributed by atoms with E-state index in [2.05, 4.69) is 0 Å². The summed E-state index contributed by atoms with van der Waals surface area (Å²) in [7, 11) is 3.03. The molecule has 6 N–H and O–H groups in total. The molecule has 10 heteroatoms. The van der Waals surface area contributed by atoms with E-state index < -0.39 is 75.5 Å². The van der Waals surface area contributed by atoms with Crippen LogP contribution in [0, 0.1) is 17.7 Å². The Kier molecular flexibility index (Phi) is 5.50. The molecule has 0 saturated heterocycles. The molecule has 0 aromatic heterocycles. The Bertz CT molecular complexity index is 1430. The van der Waals surface area contributed by atoms with Crippen LogP contribution in [-0.4, -0.2) is 68.5 Å². The summed E-state index contributed by atoms with van der Waals surface area (Å²) in [6.07, 6.45) is -0.152. The maximum Gasteiger partial charge on any atom is 0.255 e. The van der Waals surface area contributed by atoms with Gasteiger partial charge in [-0.2, -0.15) is 0 Å². The number of primary amides is 1. The van der Waals surface area contributed by atoms with Gasteiger partial charge in [-0.1, -0.05) is 30.3 Å². The molecule has 5 atom stereocenters. The molecule has 0 aliphatic heterocycles. The van der Waals surface area contributed by atoms with Crippen LogP contribution in [0.4, 0.5) is 4.39 Å². The monoisotopic (exact) mass is 508 g/mol. The summed E-state index contributed by atoms with van der Waals surface area (Å²) in [5, 5.41) is 44.5. The first-order chi connectivity index (χ1) is 17.4. The number of likely N-dealkylation sites (N-methyl/N-ethyl adjacent to an activating group) is 1. The molecule has 0 heterocycles. The first-order valence-corrected chi connectivity index (χ1v) is 11.6. The Morgan fingerprint density at radius 2 is 1.73 bits per heavy atom. The fourth-order valence-corrected chi connectivity index (χ4v) is 6.33. The van der Waals surface area contributed by atoms with E-state index in [4.69, 9.17) is 5.73 Å². The van der Waals surface area contributed by atoms with Crippen molar-refractivity contribution in [3.8, 4) is 5.75 Å². The number of rotatable bonds is 3. The number of hydrogen-bond acceptors (Lipinski definition) is 8. The summed E-state index contributed by atoms with van der Waals surface area (Å²) < 4.78 is 15.4. The van der Waals surface area contributed by atoms with Gasteiger partial charge >= 0.3 is 0 Å². The van der Waals surface area contributed by atoms with Gasteiger partial charge in [-0.15, -0.1) is 0 Å². The number of ketones is 2. The van der Waals surface area contributed by atoms with E-state index in [1.165, 1.54) is 19.0 Å². The predicted molar refractivity (Wildman–Crippen MR) is 129 cm³/mol. The zero-order valence-corrected chi connectivity index (χ0v) is 20.0. The molecule has 192 valence electrons. The van der Waals surface area contributed by atoms with Crippen molar-refractivity contribution in [1.82, 2.24) is 4.90 Å². The lowest BCUT2D eigenvalue weighted by molar-refractivity contribution is -0.154. The molecule has 37 heavy (non-hydrogen) atoms. The van der Waals surface area contributed by atoms with Crippen LogP contribution in [0.25, 0.3) is 5.76 Å². The Morgan fingerprint density at radius 3 is 2.32 bits per heavy atom. The highest BCUT2D eigenvalue weighted by atomic mass is 19.1. The molecule has 0 unspecified atom stereocenters. The van der Waals surface area contributed by atoms with E-state index in [-0.39, 0.29) is 23.1 Å². The molecule has 2 aromatic carbocycles. The third kappa shape index (κ3) is 3.19. The van der Waals surface area contributed by atoms with Gasteiger partial charge in [0.1, 0.15) is 28.7 Å². The van der Waals surface area contributed by atoms with Gasteiger partial charge in [-0.3, -0.25) is 19.3 Å². The van der Waals surface area contributed by atoms with E-state index in [1.54, 1.807) is 30.3 Å². The summed E-state index contributed by atoms with van der Waals surface area (Å²) in [6.45, 7) is 0. The van der Waals surface area contributed by atoms with Gasteiger partial charge in [0, 0.05) is 28.9 Å². The minimum Gasteiger partial charge on any atom is -0.508 e. The van der Waals surface area contributed by atoms with Crippen molar-refractivity contribution in [2.45, 2.75) is 24.0 Å². The summed E-state index contributed by atoms with van der Waals surface area (Å²) in [5.74, 6) is -9.54. The SMILES string of the molecule is CN(C)[C@@H]1C(=O)C(C(N)=O)=C(O)[C@@]2(O)C(=O)C3=C(O)c4c(O)ccc(F)c4[C@H](c4ccccc4)[C@H]3C[C@@H]12. The van der Waals surface area contributed by atoms with Crippen molar-refractivity contribution in [2.75, 3.05) is 14.1 Å². The summed E-state index contributed by atoms with van der Waals surface area (Å²) in [6, 6.07) is 9.47. The third-order valence-corrected chi connectivity index (χ3v) is 7.84. The fraction of sp³-hybridized carbons (Fsp3) is 0.296.